The summed E-state index contributed by atoms with van der Waals surface area (Å²) in [6.45, 7) is 0. The van der Waals surface area contributed by atoms with Crippen LogP contribution in [0.15, 0.2) is 18.2 Å². The maximum Gasteiger partial charge on any atom is 0.234 e. The minimum atomic E-state index is 0.110. The normalized spacial score (nSPS) is 14.8. The topological polar surface area (TPSA) is 72.5 Å². The number of aromatic hydroxyl groups is 1. The molecule has 1 aliphatic rings. The van der Waals surface area contributed by atoms with Gasteiger partial charge in [0.25, 0.3) is 0 Å². The molecule has 1 N–H and O–H groups in total. The van der Waals surface area contributed by atoms with Gasteiger partial charge in [-0.25, -0.2) is 0 Å². The summed E-state index contributed by atoms with van der Waals surface area (Å²) in [4.78, 5) is 0.789. The molecule has 0 amide bonds. The van der Waals surface area contributed by atoms with Crippen LogP contribution >= 0.6 is 11.3 Å². The molecule has 1 saturated carbocycles. The fourth-order valence-corrected chi connectivity index (χ4v) is 3.01. The summed E-state index contributed by atoms with van der Waals surface area (Å²) in [5, 5.41) is 23.6. The zero-order chi connectivity index (χ0) is 13.7. The van der Waals surface area contributed by atoms with E-state index in [4.69, 9.17) is 4.74 Å². The van der Waals surface area contributed by atoms with Gasteiger partial charge in [-0.15, -0.1) is 10.2 Å². The Morgan fingerprint density at radius 3 is 2.90 bits per heavy atom. The molecule has 0 aliphatic heterocycles. The van der Waals surface area contributed by atoms with Crippen molar-refractivity contribution in [2.45, 2.75) is 18.8 Å². The van der Waals surface area contributed by atoms with Crippen molar-refractivity contribution in [1.29, 1.82) is 0 Å². The van der Waals surface area contributed by atoms with Crippen LogP contribution in [0.1, 0.15) is 24.6 Å². The molecule has 4 rings (SSSR count). The number of hydrogen-bond acceptors (Lipinski definition) is 6. The SMILES string of the molecule is COc1ccc(-c2nn3c(C4CC4)nnc3s2)cc1O. The highest BCUT2D eigenvalue weighted by Crippen LogP contribution is 2.40. The minimum Gasteiger partial charge on any atom is -0.504 e. The third-order valence-corrected chi connectivity index (χ3v) is 4.33. The second-order valence-electron chi connectivity index (χ2n) is 4.82. The first-order valence-corrected chi connectivity index (χ1v) is 7.17. The molecule has 1 aromatic carbocycles. The van der Waals surface area contributed by atoms with Gasteiger partial charge in [0.1, 0.15) is 5.01 Å². The van der Waals surface area contributed by atoms with Gasteiger partial charge in [-0.2, -0.15) is 9.61 Å². The fourth-order valence-electron chi connectivity index (χ4n) is 2.17. The highest BCUT2D eigenvalue weighted by molar-refractivity contribution is 7.19. The fraction of sp³-hybridized carbons (Fsp3) is 0.308. The van der Waals surface area contributed by atoms with Gasteiger partial charge in [-0.1, -0.05) is 11.3 Å². The van der Waals surface area contributed by atoms with Gasteiger partial charge < -0.3 is 9.84 Å². The molecule has 20 heavy (non-hydrogen) atoms. The first-order chi connectivity index (χ1) is 9.76. The number of ether oxygens (including phenoxy) is 1. The van der Waals surface area contributed by atoms with E-state index in [1.165, 1.54) is 18.4 Å². The Morgan fingerprint density at radius 1 is 1.35 bits per heavy atom. The second-order valence-corrected chi connectivity index (χ2v) is 5.78. The number of fused-ring (bicyclic) bond motifs is 1. The molecule has 0 spiro atoms. The van der Waals surface area contributed by atoms with Gasteiger partial charge in [-0.05, 0) is 31.0 Å². The molecule has 0 atom stereocenters. The van der Waals surface area contributed by atoms with Crippen LogP contribution in [0.4, 0.5) is 0 Å². The molecule has 6 nitrogen and oxygen atoms in total. The quantitative estimate of drug-likeness (QED) is 0.801. The van der Waals surface area contributed by atoms with Crippen molar-refractivity contribution in [2.24, 2.45) is 0 Å². The summed E-state index contributed by atoms with van der Waals surface area (Å²) in [6, 6.07) is 5.26. The number of methoxy groups -OCH3 is 1. The van der Waals surface area contributed by atoms with Gasteiger partial charge in [0, 0.05) is 11.5 Å². The lowest BCUT2D eigenvalue weighted by atomic mass is 10.2. The van der Waals surface area contributed by atoms with Crippen LogP contribution in [0.25, 0.3) is 15.5 Å². The van der Waals surface area contributed by atoms with E-state index in [2.05, 4.69) is 15.3 Å². The predicted molar refractivity (Wildman–Crippen MR) is 74.3 cm³/mol. The van der Waals surface area contributed by atoms with E-state index in [0.29, 0.717) is 11.7 Å². The van der Waals surface area contributed by atoms with E-state index in [9.17, 15) is 5.11 Å². The van der Waals surface area contributed by atoms with Crippen LogP contribution < -0.4 is 4.74 Å². The third-order valence-electron chi connectivity index (χ3n) is 3.38. The summed E-state index contributed by atoms with van der Waals surface area (Å²) in [5.41, 5.74) is 0.848. The number of phenolic OH excluding ortho intramolecular Hbond substituents is 1. The number of aromatic nitrogens is 4. The minimum absolute atomic E-state index is 0.110. The van der Waals surface area contributed by atoms with Crippen LogP contribution in [0.5, 0.6) is 11.5 Å². The van der Waals surface area contributed by atoms with E-state index in [1.807, 2.05) is 10.6 Å². The van der Waals surface area contributed by atoms with E-state index in [-0.39, 0.29) is 5.75 Å². The van der Waals surface area contributed by atoms with Crippen LogP contribution in [0.3, 0.4) is 0 Å². The Morgan fingerprint density at radius 2 is 2.20 bits per heavy atom. The summed E-state index contributed by atoms with van der Waals surface area (Å²) in [6.07, 6.45) is 2.33. The van der Waals surface area contributed by atoms with Crippen molar-refractivity contribution in [3.05, 3.63) is 24.0 Å². The standard InChI is InChI=1S/C13H12N4O2S/c1-19-10-5-4-8(6-9(10)18)12-16-17-11(7-2-3-7)14-15-13(17)20-12/h4-7,18H,2-3H2,1H3. The Bertz CT molecular complexity index is 791. The molecule has 0 unspecified atom stereocenters. The third kappa shape index (κ3) is 1.74. The number of benzene rings is 1. The Labute approximate surface area is 118 Å². The Kier molecular flexibility index (Phi) is 2.43. The first kappa shape index (κ1) is 11.7. The predicted octanol–water partition coefficient (Wildman–Crippen LogP) is 2.44. The van der Waals surface area contributed by atoms with Crippen LogP contribution in [0, 0.1) is 0 Å². The molecule has 7 heteroatoms. The highest BCUT2D eigenvalue weighted by Gasteiger charge is 2.30. The summed E-state index contributed by atoms with van der Waals surface area (Å²) in [7, 11) is 1.53. The van der Waals surface area contributed by atoms with Crippen molar-refractivity contribution < 1.29 is 9.84 Å². The van der Waals surface area contributed by atoms with E-state index in [0.717, 1.165) is 34.2 Å². The average Bonchev–Trinajstić information content (AvgIpc) is 3.07. The van der Waals surface area contributed by atoms with Crippen molar-refractivity contribution >= 4 is 16.3 Å². The summed E-state index contributed by atoms with van der Waals surface area (Å²) < 4.78 is 6.86. The van der Waals surface area contributed by atoms with Crippen molar-refractivity contribution in [3.63, 3.8) is 0 Å². The molecule has 102 valence electrons. The molecule has 1 aliphatic carbocycles. The van der Waals surface area contributed by atoms with Crippen molar-refractivity contribution in [2.75, 3.05) is 7.11 Å². The monoisotopic (exact) mass is 288 g/mol. The van der Waals surface area contributed by atoms with Gasteiger partial charge in [0.05, 0.1) is 7.11 Å². The first-order valence-electron chi connectivity index (χ1n) is 6.36. The van der Waals surface area contributed by atoms with Crippen LogP contribution in [-0.2, 0) is 0 Å². The van der Waals surface area contributed by atoms with Crippen LogP contribution in [-0.4, -0.2) is 32.0 Å². The van der Waals surface area contributed by atoms with Crippen LogP contribution in [0.2, 0.25) is 0 Å². The number of nitrogens with zero attached hydrogens (tertiary/aromatic N) is 4. The molecule has 2 heterocycles. The lowest BCUT2D eigenvalue weighted by Crippen LogP contribution is -1.93. The lowest BCUT2D eigenvalue weighted by molar-refractivity contribution is 0.373. The van der Waals surface area contributed by atoms with Gasteiger partial charge in [0.2, 0.25) is 4.96 Å². The molecule has 0 saturated heterocycles. The zero-order valence-corrected chi connectivity index (χ0v) is 11.6. The van der Waals surface area contributed by atoms with Gasteiger partial charge in [-0.3, -0.25) is 0 Å². The maximum absolute atomic E-state index is 9.85. The number of rotatable bonds is 3. The second kappa shape index (κ2) is 4.17. The van der Waals surface area contributed by atoms with Crippen molar-refractivity contribution in [1.82, 2.24) is 19.8 Å². The smallest absolute Gasteiger partial charge is 0.234 e. The molecule has 1 fully saturated rings. The van der Waals surface area contributed by atoms with E-state index in [1.54, 1.807) is 12.1 Å². The molecule has 0 bridgehead atoms. The molecular weight excluding hydrogens is 276 g/mol. The average molecular weight is 288 g/mol. The molecular formula is C13H12N4O2S. The maximum atomic E-state index is 9.85. The van der Waals surface area contributed by atoms with E-state index >= 15 is 0 Å². The summed E-state index contributed by atoms with van der Waals surface area (Å²) in [5.74, 6) is 2.01. The number of phenols is 1. The highest BCUT2D eigenvalue weighted by atomic mass is 32.1. The Balaban J connectivity index is 1.79. The zero-order valence-electron chi connectivity index (χ0n) is 10.8. The molecule has 2 aromatic heterocycles. The van der Waals surface area contributed by atoms with Gasteiger partial charge in [0.15, 0.2) is 17.3 Å². The van der Waals surface area contributed by atoms with Crippen molar-refractivity contribution in [3.8, 4) is 22.1 Å². The van der Waals surface area contributed by atoms with E-state index < -0.39 is 0 Å². The summed E-state index contributed by atoms with van der Waals surface area (Å²) >= 11 is 1.46. The van der Waals surface area contributed by atoms with Gasteiger partial charge >= 0.3 is 0 Å². The largest absolute Gasteiger partial charge is 0.504 e. The lowest BCUT2D eigenvalue weighted by Gasteiger charge is -2.03. The Hall–Kier alpha value is -2.15. The molecule has 3 aromatic rings. The molecule has 0 radical (unpaired) electrons. The number of hydrogen-bond donors (Lipinski definition) is 1.